The van der Waals surface area contributed by atoms with E-state index in [1.807, 2.05) is 49.1 Å². The summed E-state index contributed by atoms with van der Waals surface area (Å²) in [6.07, 6.45) is 1.15. The van der Waals surface area contributed by atoms with Gasteiger partial charge in [-0.1, -0.05) is 30.3 Å². The molecule has 0 bridgehead atoms. The van der Waals surface area contributed by atoms with Gasteiger partial charge in [0.25, 0.3) is 0 Å². The highest BCUT2D eigenvalue weighted by molar-refractivity contribution is 7.99. The number of thioether (sulfide) groups is 1. The topological polar surface area (TPSA) is 52.6 Å². The number of aliphatic hydroxyl groups is 1. The van der Waals surface area contributed by atoms with E-state index < -0.39 is 0 Å². The molecule has 2 rings (SSSR count). The zero-order valence-electron chi connectivity index (χ0n) is 11.8. The van der Waals surface area contributed by atoms with Crippen LogP contribution in [-0.2, 0) is 4.79 Å². The number of nitrogens with zero attached hydrogens (tertiary/aromatic N) is 1. The van der Waals surface area contributed by atoms with Crippen molar-refractivity contribution in [2.45, 2.75) is 18.5 Å². The standard InChI is InChI=1S/C15H22N2O2S/c1-17(13-7-8-20-11-13)9-15(19)16-14(10-18)12-5-3-2-4-6-12/h2-6,13-14,18H,7-11H2,1H3,(H,16,19)/t13?,14-/m1/s1. The number of carbonyl (C=O) groups is 1. The fourth-order valence-corrected chi connectivity index (χ4v) is 3.68. The zero-order valence-corrected chi connectivity index (χ0v) is 12.6. The van der Waals surface area contributed by atoms with E-state index in [0.717, 1.165) is 17.7 Å². The van der Waals surface area contributed by atoms with E-state index in [9.17, 15) is 9.90 Å². The van der Waals surface area contributed by atoms with Crippen molar-refractivity contribution in [1.29, 1.82) is 0 Å². The summed E-state index contributed by atoms with van der Waals surface area (Å²) < 4.78 is 0. The maximum Gasteiger partial charge on any atom is 0.234 e. The van der Waals surface area contributed by atoms with E-state index in [0.29, 0.717) is 12.6 Å². The summed E-state index contributed by atoms with van der Waals surface area (Å²) in [6.45, 7) is 0.299. The highest BCUT2D eigenvalue weighted by atomic mass is 32.2. The second-order valence-corrected chi connectivity index (χ2v) is 6.30. The molecule has 1 aromatic rings. The largest absolute Gasteiger partial charge is 0.394 e. The van der Waals surface area contributed by atoms with E-state index in [1.165, 1.54) is 5.75 Å². The molecular weight excluding hydrogens is 272 g/mol. The van der Waals surface area contributed by atoms with Crippen LogP contribution in [0.15, 0.2) is 30.3 Å². The lowest BCUT2D eigenvalue weighted by Gasteiger charge is -2.24. The molecule has 20 heavy (non-hydrogen) atoms. The molecule has 5 heteroatoms. The molecule has 0 aromatic heterocycles. The first kappa shape index (κ1) is 15.4. The average Bonchev–Trinajstić information content (AvgIpc) is 3.00. The third kappa shape index (κ3) is 4.23. The van der Waals surface area contributed by atoms with Crippen LogP contribution in [0, 0.1) is 0 Å². The first-order chi connectivity index (χ1) is 9.70. The van der Waals surface area contributed by atoms with Gasteiger partial charge in [0, 0.05) is 11.8 Å². The predicted molar refractivity (Wildman–Crippen MR) is 82.8 cm³/mol. The summed E-state index contributed by atoms with van der Waals surface area (Å²) in [5.74, 6) is 2.25. The molecule has 1 amide bonds. The number of hydrogen-bond acceptors (Lipinski definition) is 4. The van der Waals surface area contributed by atoms with Crippen LogP contribution in [0.1, 0.15) is 18.0 Å². The lowest BCUT2D eigenvalue weighted by atomic mass is 10.1. The summed E-state index contributed by atoms with van der Waals surface area (Å²) in [5, 5.41) is 12.3. The van der Waals surface area contributed by atoms with Crippen LogP contribution in [0.3, 0.4) is 0 Å². The molecule has 1 heterocycles. The molecule has 0 aliphatic carbocycles. The van der Waals surface area contributed by atoms with Gasteiger partial charge in [0.05, 0.1) is 19.2 Å². The van der Waals surface area contributed by atoms with Crippen molar-refractivity contribution in [3.05, 3.63) is 35.9 Å². The molecule has 1 fully saturated rings. The molecule has 0 spiro atoms. The van der Waals surface area contributed by atoms with E-state index >= 15 is 0 Å². The Kier molecular flexibility index (Phi) is 5.88. The molecule has 0 radical (unpaired) electrons. The van der Waals surface area contributed by atoms with Crippen molar-refractivity contribution in [2.24, 2.45) is 0 Å². The van der Waals surface area contributed by atoms with Crippen LogP contribution >= 0.6 is 11.8 Å². The average molecular weight is 294 g/mol. The Morgan fingerprint density at radius 1 is 1.50 bits per heavy atom. The molecule has 1 aromatic carbocycles. The molecular formula is C15H22N2O2S. The Labute approximate surface area is 124 Å². The van der Waals surface area contributed by atoms with Crippen molar-refractivity contribution in [3.63, 3.8) is 0 Å². The fraction of sp³-hybridized carbons (Fsp3) is 0.533. The quantitative estimate of drug-likeness (QED) is 0.830. The van der Waals surface area contributed by atoms with Gasteiger partial charge in [0.15, 0.2) is 0 Å². The first-order valence-electron chi connectivity index (χ1n) is 6.94. The van der Waals surface area contributed by atoms with E-state index in [4.69, 9.17) is 0 Å². The van der Waals surface area contributed by atoms with Crippen LogP contribution in [0.5, 0.6) is 0 Å². The molecule has 0 saturated carbocycles. The molecule has 1 aliphatic rings. The Balaban J connectivity index is 1.86. The van der Waals surface area contributed by atoms with Gasteiger partial charge >= 0.3 is 0 Å². The maximum absolute atomic E-state index is 12.1. The number of benzene rings is 1. The second-order valence-electron chi connectivity index (χ2n) is 5.15. The van der Waals surface area contributed by atoms with Crippen molar-refractivity contribution in [2.75, 3.05) is 31.7 Å². The summed E-state index contributed by atoms with van der Waals surface area (Å²) in [4.78, 5) is 14.2. The minimum absolute atomic E-state index is 0.0349. The number of rotatable bonds is 6. The Bertz CT molecular complexity index is 421. The van der Waals surface area contributed by atoms with Crippen LogP contribution in [0.4, 0.5) is 0 Å². The van der Waals surface area contributed by atoms with Gasteiger partial charge in [-0.05, 0) is 24.8 Å². The Hall–Kier alpha value is -1.04. The van der Waals surface area contributed by atoms with Crippen molar-refractivity contribution in [3.8, 4) is 0 Å². The number of likely N-dealkylation sites (N-methyl/N-ethyl adjacent to an activating group) is 1. The number of carbonyl (C=O) groups excluding carboxylic acids is 1. The molecule has 4 nitrogen and oxygen atoms in total. The van der Waals surface area contributed by atoms with Gasteiger partial charge in [-0.2, -0.15) is 11.8 Å². The summed E-state index contributed by atoms with van der Waals surface area (Å²) in [6, 6.07) is 9.74. The predicted octanol–water partition coefficient (Wildman–Crippen LogP) is 1.27. The fourth-order valence-electron chi connectivity index (χ4n) is 2.39. The van der Waals surface area contributed by atoms with Gasteiger partial charge in [-0.3, -0.25) is 9.69 Å². The van der Waals surface area contributed by atoms with Crippen LogP contribution in [0.25, 0.3) is 0 Å². The number of amides is 1. The number of hydrogen-bond donors (Lipinski definition) is 2. The number of nitrogens with one attached hydrogen (secondary N) is 1. The minimum Gasteiger partial charge on any atom is -0.394 e. The highest BCUT2D eigenvalue weighted by Gasteiger charge is 2.22. The summed E-state index contributed by atoms with van der Waals surface area (Å²) in [7, 11) is 1.99. The highest BCUT2D eigenvalue weighted by Crippen LogP contribution is 2.21. The lowest BCUT2D eigenvalue weighted by molar-refractivity contribution is -0.123. The van der Waals surface area contributed by atoms with Gasteiger partial charge in [-0.25, -0.2) is 0 Å². The van der Waals surface area contributed by atoms with E-state index in [2.05, 4.69) is 10.2 Å². The van der Waals surface area contributed by atoms with E-state index in [-0.39, 0.29) is 18.6 Å². The third-order valence-electron chi connectivity index (χ3n) is 3.64. The van der Waals surface area contributed by atoms with E-state index in [1.54, 1.807) is 0 Å². The minimum atomic E-state index is -0.324. The Morgan fingerprint density at radius 3 is 2.85 bits per heavy atom. The van der Waals surface area contributed by atoms with Crippen LogP contribution in [-0.4, -0.2) is 53.7 Å². The monoisotopic (exact) mass is 294 g/mol. The molecule has 1 unspecified atom stereocenters. The van der Waals surface area contributed by atoms with Gasteiger partial charge < -0.3 is 10.4 Å². The molecule has 1 saturated heterocycles. The number of aliphatic hydroxyl groups excluding tert-OH is 1. The van der Waals surface area contributed by atoms with Gasteiger partial charge in [0.1, 0.15) is 0 Å². The second kappa shape index (κ2) is 7.67. The smallest absolute Gasteiger partial charge is 0.234 e. The molecule has 2 N–H and O–H groups in total. The summed E-state index contributed by atoms with van der Waals surface area (Å²) >= 11 is 1.94. The molecule has 110 valence electrons. The van der Waals surface area contributed by atoms with Crippen LogP contribution < -0.4 is 5.32 Å². The third-order valence-corrected chi connectivity index (χ3v) is 4.79. The summed E-state index contributed by atoms with van der Waals surface area (Å²) in [5.41, 5.74) is 0.933. The molecule has 1 aliphatic heterocycles. The van der Waals surface area contributed by atoms with Crippen LogP contribution in [0.2, 0.25) is 0 Å². The van der Waals surface area contributed by atoms with Crippen molar-refractivity contribution < 1.29 is 9.90 Å². The van der Waals surface area contributed by atoms with Crippen molar-refractivity contribution in [1.82, 2.24) is 10.2 Å². The molecule has 2 atom stereocenters. The SMILES string of the molecule is CN(CC(=O)N[C@H](CO)c1ccccc1)C1CCSC1. The van der Waals surface area contributed by atoms with Gasteiger partial charge in [-0.15, -0.1) is 0 Å². The Morgan fingerprint density at radius 2 is 2.25 bits per heavy atom. The van der Waals surface area contributed by atoms with Crippen molar-refractivity contribution >= 4 is 17.7 Å². The van der Waals surface area contributed by atoms with Gasteiger partial charge in [0.2, 0.25) is 5.91 Å². The normalized spacial score (nSPS) is 20.1. The zero-order chi connectivity index (χ0) is 14.4. The maximum atomic E-state index is 12.1. The first-order valence-corrected chi connectivity index (χ1v) is 8.09. The lowest BCUT2D eigenvalue weighted by Crippen LogP contribution is -2.42.